The molecule has 1 N–H and O–H groups in total. The lowest BCUT2D eigenvalue weighted by Gasteiger charge is -2.01. The summed E-state index contributed by atoms with van der Waals surface area (Å²) in [4.78, 5) is 10.3. The molecule has 0 spiro atoms. The van der Waals surface area contributed by atoms with E-state index in [2.05, 4.69) is 24.3 Å². The van der Waals surface area contributed by atoms with Crippen LogP contribution >= 0.6 is 0 Å². The minimum atomic E-state index is -0.721. The maximum Gasteiger partial charge on any atom is 0.303 e. The summed E-state index contributed by atoms with van der Waals surface area (Å²) in [5, 5.41) is 8.47. The molecule has 1 aromatic carbocycles. The van der Waals surface area contributed by atoms with E-state index in [1.165, 1.54) is 5.56 Å². The Labute approximate surface area is 108 Å². The summed E-state index contributed by atoms with van der Waals surface area (Å²) in [7, 11) is 1.66. The van der Waals surface area contributed by atoms with Gasteiger partial charge >= 0.3 is 5.97 Å². The maximum atomic E-state index is 10.3. The first-order valence-electron chi connectivity index (χ1n) is 6.22. The molecule has 0 aromatic heterocycles. The van der Waals surface area contributed by atoms with Gasteiger partial charge in [0.1, 0.15) is 5.75 Å². The van der Waals surface area contributed by atoms with Gasteiger partial charge in [-0.1, -0.05) is 24.3 Å². The molecule has 1 rings (SSSR count). The van der Waals surface area contributed by atoms with Crippen LogP contribution in [0.2, 0.25) is 0 Å². The van der Waals surface area contributed by atoms with Crippen LogP contribution in [0.25, 0.3) is 0 Å². The van der Waals surface area contributed by atoms with Crippen molar-refractivity contribution in [3.8, 4) is 5.75 Å². The molecular formula is C15H20O3. The summed E-state index contributed by atoms with van der Waals surface area (Å²) in [6.45, 7) is 0. The second kappa shape index (κ2) is 8.34. The minimum absolute atomic E-state index is 0.253. The molecule has 0 aliphatic heterocycles. The average Bonchev–Trinajstić information content (AvgIpc) is 2.38. The average molecular weight is 248 g/mol. The number of hydrogen-bond acceptors (Lipinski definition) is 2. The number of unbranched alkanes of at least 4 members (excludes halogenated alkanes) is 1. The quantitative estimate of drug-likeness (QED) is 0.566. The highest BCUT2D eigenvalue weighted by molar-refractivity contribution is 5.66. The molecule has 1 aromatic rings. The summed E-state index contributed by atoms with van der Waals surface area (Å²) < 4.78 is 5.10. The number of carboxylic acids is 1. The van der Waals surface area contributed by atoms with E-state index in [0.29, 0.717) is 6.42 Å². The number of hydrogen-bond donors (Lipinski definition) is 1. The molecule has 3 nitrogen and oxygen atoms in total. The number of carbonyl (C=O) groups is 1. The molecule has 18 heavy (non-hydrogen) atoms. The van der Waals surface area contributed by atoms with Crippen LogP contribution in [0, 0.1) is 0 Å². The molecule has 0 saturated carbocycles. The number of methoxy groups -OCH3 is 1. The molecule has 0 saturated heterocycles. The summed E-state index contributed by atoms with van der Waals surface area (Å²) >= 11 is 0. The molecule has 0 fully saturated rings. The fourth-order valence-corrected chi connectivity index (χ4v) is 1.65. The number of benzene rings is 1. The van der Waals surface area contributed by atoms with E-state index < -0.39 is 5.97 Å². The molecule has 0 aliphatic carbocycles. The largest absolute Gasteiger partial charge is 0.497 e. The molecule has 0 unspecified atom stereocenters. The van der Waals surface area contributed by atoms with Crippen LogP contribution < -0.4 is 4.74 Å². The van der Waals surface area contributed by atoms with Crippen molar-refractivity contribution in [3.63, 3.8) is 0 Å². The van der Waals surface area contributed by atoms with E-state index in [0.717, 1.165) is 25.0 Å². The highest BCUT2D eigenvalue weighted by Gasteiger charge is 1.94. The first-order chi connectivity index (χ1) is 8.72. The van der Waals surface area contributed by atoms with Crippen LogP contribution in [-0.4, -0.2) is 18.2 Å². The van der Waals surface area contributed by atoms with Crippen molar-refractivity contribution in [2.75, 3.05) is 7.11 Å². The Morgan fingerprint density at radius 3 is 2.50 bits per heavy atom. The number of allylic oxidation sites excluding steroid dienone is 2. The van der Waals surface area contributed by atoms with Crippen LogP contribution in [-0.2, 0) is 11.2 Å². The van der Waals surface area contributed by atoms with Crippen LogP contribution in [0.3, 0.4) is 0 Å². The van der Waals surface area contributed by atoms with Gasteiger partial charge in [-0.15, -0.1) is 0 Å². The fourth-order valence-electron chi connectivity index (χ4n) is 1.65. The molecule has 98 valence electrons. The van der Waals surface area contributed by atoms with Crippen molar-refractivity contribution in [2.45, 2.75) is 32.1 Å². The molecule has 3 heteroatoms. The Bertz CT molecular complexity index is 379. The van der Waals surface area contributed by atoms with Gasteiger partial charge in [0.25, 0.3) is 0 Å². The van der Waals surface area contributed by atoms with Crippen LogP contribution in [0.4, 0.5) is 0 Å². The van der Waals surface area contributed by atoms with Crippen LogP contribution in [0.5, 0.6) is 5.75 Å². The van der Waals surface area contributed by atoms with E-state index in [9.17, 15) is 4.79 Å². The van der Waals surface area contributed by atoms with Gasteiger partial charge < -0.3 is 9.84 Å². The Balaban J connectivity index is 2.16. The molecule has 0 atom stereocenters. The normalized spacial score (nSPS) is 10.7. The lowest BCUT2D eigenvalue weighted by atomic mass is 10.1. The standard InChI is InChI=1S/C15H20O3/c1-18-14-11-9-13(10-12-14)7-5-3-2-4-6-8-15(16)17/h2-3,9-12H,4-8H2,1H3,(H,16,17). The Hall–Kier alpha value is -1.77. The monoisotopic (exact) mass is 248 g/mol. The summed E-state index contributed by atoms with van der Waals surface area (Å²) in [5.74, 6) is 0.157. The third kappa shape index (κ3) is 6.09. The molecule has 0 bridgehead atoms. The highest BCUT2D eigenvalue weighted by Crippen LogP contribution is 2.12. The second-order valence-corrected chi connectivity index (χ2v) is 4.14. The van der Waals surface area contributed by atoms with Gasteiger partial charge in [-0.25, -0.2) is 0 Å². The van der Waals surface area contributed by atoms with Crippen LogP contribution in [0.1, 0.15) is 31.2 Å². The Kier molecular flexibility index (Phi) is 6.62. The van der Waals surface area contributed by atoms with E-state index in [4.69, 9.17) is 9.84 Å². The zero-order chi connectivity index (χ0) is 13.2. The van der Waals surface area contributed by atoms with Gasteiger partial charge in [-0.3, -0.25) is 4.79 Å². The number of aliphatic carboxylic acids is 1. The van der Waals surface area contributed by atoms with Crippen molar-refractivity contribution < 1.29 is 14.6 Å². The summed E-state index contributed by atoms with van der Waals surface area (Å²) in [5.41, 5.74) is 1.28. The smallest absolute Gasteiger partial charge is 0.303 e. The maximum absolute atomic E-state index is 10.3. The number of rotatable bonds is 8. The predicted octanol–water partition coefficient (Wildman–Crippen LogP) is 3.44. The van der Waals surface area contributed by atoms with E-state index in [1.54, 1.807) is 7.11 Å². The van der Waals surface area contributed by atoms with Crippen molar-refractivity contribution in [3.05, 3.63) is 42.0 Å². The van der Waals surface area contributed by atoms with Crippen LogP contribution in [0.15, 0.2) is 36.4 Å². The molecule has 0 amide bonds. The molecular weight excluding hydrogens is 228 g/mol. The minimum Gasteiger partial charge on any atom is -0.497 e. The fraction of sp³-hybridized carbons (Fsp3) is 0.400. The van der Waals surface area contributed by atoms with Gasteiger partial charge in [0.05, 0.1) is 7.11 Å². The van der Waals surface area contributed by atoms with Crippen molar-refractivity contribution in [2.24, 2.45) is 0 Å². The van der Waals surface area contributed by atoms with Gasteiger partial charge in [-0.2, -0.15) is 0 Å². The summed E-state index contributed by atoms with van der Waals surface area (Å²) in [6, 6.07) is 8.06. The Morgan fingerprint density at radius 1 is 1.22 bits per heavy atom. The highest BCUT2D eigenvalue weighted by atomic mass is 16.5. The third-order valence-corrected chi connectivity index (χ3v) is 2.69. The van der Waals surface area contributed by atoms with Crippen molar-refractivity contribution in [1.29, 1.82) is 0 Å². The first kappa shape index (κ1) is 14.3. The lowest BCUT2D eigenvalue weighted by Crippen LogP contribution is -1.92. The lowest BCUT2D eigenvalue weighted by molar-refractivity contribution is -0.137. The second-order valence-electron chi connectivity index (χ2n) is 4.14. The van der Waals surface area contributed by atoms with Gasteiger partial charge in [0.15, 0.2) is 0 Å². The third-order valence-electron chi connectivity index (χ3n) is 2.69. The topological polar surface area (TPSA) is 46.5 Å². The Morgan fingerprint density at radius 2 is 1.89 bits per heavy atom. The number of ether oxygens (including phenoxy) is 1. The molecule has 0 aliphatic rings. The SMILES string of the molecule is COc1ccc(CCC=CCCCC(=O)O)cc1. The summed E-state index contributed by atoms with van der Waals surface area (Å²) in [6.07, 6.45) is 7.98. The van der Waals surface area contributed by atoms with Crippen molar-refractivity contribution in [1.82, 2.24) is 0 Å². The van der Waals surface area contributed by atoms with E-state index in [-0.39, 0.29) is 6.42 Å². The van der Waals surface area contributed by atoms with Gasteiger partial charge in [0, 0.05) is 6.42 Å². The predicted molar refractivity (Wildman–Crippen MR) is 71.9 cm³/mol. The van der Waals surface area contributed by atoms with Crippen molar-refractivity contribution >= 4 is 5.97 Å². The van der Waals surface area contributed by atoms with Gasteiger partial charge in [-0.05, 0) is 43.4 Å². The number of aryl methyl sites for hydroxylation is 1. The molecule has 0 radical (unpaired) electrons. The first-order valence-corrected chi connectivity index (χ1v) is 6.22. The van der Waals surface area contributed by atoms with Gasteiger partial charge in [0.2, 0.25) is 0 Å². The number of carboxylic acid groups (broad SMARTS) is 1. The van der Waals surface area contributed by atoms with E-state index >= 15 is 0 Å². The zero-order valence-electron chi connectivity index (χ0n) is 10.8. The molecule has 0 heterocycles. The zero-order valence-corrected chi connectivity index (χ0v) is 10.8. The van der Waals surface area contributed by atoms with E-state index in [1.807, 2.05) is 12.1 Å².